The minimum absolute atomic E-state index is 0.487. The van der Waals surface area contributed by atoms with Gasteiger partial charge in [-0.05, 0) is 62.7 Å². The molecular weight excluding hydrogens is 246 g/mol. The second kappa shape index (κ2) is 7.26. The van der Waals surface area contributed by atoms with Gasteiger partial charge in [-0.25, -0.2) is 0 Å². The number of ether oxygens (including phenoxy) is 1. The van der Waals surface area contributed by atoms with Gasteiger partial charge in [-0.15, -0.1) is 0 Å². The lowest BCUT2D eigenvalue weighted by molar-refractivity contribution is 0.0540. The molecular formula is C18H35NO. The van der Waals surface area contributed by atoms with Crippen LogP contribution in [-0.4, -0.2) is 25.3 Å². The highest BCUT2D eigenvalue weighted by molar-refractivity contribution is 4.84. The fourth-order valence-corrected chi connectivity index (χ4v) is 4.06. The van der Waals surface area contributed by atoms with Gasteiger partial charge in [0.1, 0.15) is 0 Å². The average Bonchev–Trinajstić information content (AvgIpc) is 2.65. The molecule has 2 aliphatic rings. The van der Waals surface area contributed by atoms with Crippen LogP contribution in [0.3, 0.4) is 0 Å². The van der Waals surface area contributed by atoms with E-state index in [1.54, 1.807) is 0 Å². The lowest BCUT2D eigenvalue weighted by Gasteiger charge is -2.32. The molecule has 1 heterocycles. The van der Waals surface area contributed by atoms with Gasteiger partial charge in [-0.2, -0.15) is 0 Å². The van der Waals surface area contributed by atoms with Crippen molar-refractivity contribution in [3.63, 3.8) is 0 Å². The Kier molecular flexibility index (Phi) is 5.92. The smallest absolute Gasteiger partial charge is 0.0469 e. The van der Waals surface area contributed by atoms with Crippen molar-refractivity contribution in [1.29, 1.82) is 0 Å². The first-order valence-electron chi connectivity index (χ1n) is 8.80. The molecule has 0 aromatic rings. The van der Waals surface area contributed by atoms with Crippen LogP contribution in [0.25, 0.3) is 0 Å². The Morgan fingerprint density at radius 2 is 1.65 bits per heavy atom. The summed E-state index contributed by atoms with van der Waals surface area (Å²) < 4.78 is 5.48. The molecule has 2 heteroatoms. The van der Waals surface area contributed by atoms with E-state index in [1.165, 1.54) is 44.9 Å². The number of hydrogen-bond donors (Lipinski definition) is 1. The summed E-state index contributed by atoms with van der Waals surface area (Å²) in [6, 6.07) is 1.41. The van der Waals surface area contributed by atoms with Gasteiger partial charge in [0.25, 0.3) is 0 Å². The third kappa shape index (κ3) is 4.73. The van der Waals surface area contributed by atoms with Crippen LogP contribution in [0.1, 0.15) is 72.6 Å². The van der Waals surface area contributed by atoms with Gasteiger partial charge in [-0.3, -0.25) is 0 Å². The third-order valence-electron chi connectivity index (χ3n) is 5.67. The SMILES string of the molecule is CC(NC1CCCC(C(C)(C)C)CC1)C1CCOCC1. The molecule has 1 aliphatic heterocycles. The lowest BCUT2D eigenvalue weighted by atomic mass is 9.76. The van der Waals surface area contributed by atoms with Crippen LogP contribution in [0.2, 0.25) is 0 Å². The van der Waals surface area contributed by atoms with Gasteiger partial charge in [0, 0.05) is 25.3 Å². The van der Waals surface area contributed by atoms with E-state index in [1.807, 2.05) is 0 Å². The van der Waals surface area contributed by atoms with Gasteiger partial charge >= 0.3 is 0 Å². The predicted molar refractivity (Wildman–Crippen MR) is 86.0 cm³/mol. The van der Waals surface area contributed by atoms with Crippen molar-refractivity contribution < 1.29 is 4.74 Å². The zero-order valence-corrected chi connectivity index (χ0v) is 14.1. The Morgan fingerprint density at radius 1 is 0.950 bits per heavy atom. The molecule has 1 saturated heterocycles. The van der Waals surface area contributed by atoms with Gasteiger partial charge < -0.3 is 10.1 Å². The van der Waals surface area contributed by atoms with Gasteiger partial charge in [0.2, 0.25) is 0 Å². The summed E-state index contributed by atoms with van der Waals surface area (Å²) in [5, 5.41) is 3.94. The Hall–Kier alpha value is -0.0800. The van der Waals surface area contributed by atoms with Crippen LogP contribution in [0.5, 0.6) is 0 Å². The maximum atomic E-state index is 5.48. The highest BCUT2D eigenvalue weighted by Crippen LogP contribution is 2.37. The number of rotatable bonds is 3. The molecule has 20 heavy (non-hydrogen) atoms. The molecule has 3 unspecified atom stereocenters. The molecule has 3 atom stereocenters. The van der Waals surface area contributed by atoms with Crippen molar-refractivity contribution in [3.05, 3.63) is 0 Å². The molecule has 0 spiro atoms. The molecule has 0 bridgehead atoms. The van der Waals surface area contributed by atoms with E-state index >= 15 is 0 Å². The normalized spacial score (nSPS) is 31.8. The molecule has 118 valence electrons. The molecule has 0 aromatic heterocycles. The van der Waals surface area contributed by atoms with E-state index in [2.05, 4.69) is 33.0 Å². The fourth-order valence-electron chi connectivity index (χ4n) is 4.06. The predicted octanol–water partition coefficient (Wildman–Crippen LogP) is 4.39. The Balaban J connectivity index is 1.78. The molecule has 2 nitrogen and oxygen atoms in total. The Morgan fingerprint density at radius 3 is 2.30 bits per heavy atom. The Bertz CT molecular complexity index is 278. The van der Waals surface area contributed by atoms with E-state index in [4.69, 9.17) is 4.74 Å². The quantitative estimate of drug-likeness (QED) is 0.775. The number of nitrogens with one attached hydrogen (secondary N) is 1. The van der Waals surface area contributed by atoms with Gasteiger partial charge in [0.05, 0.1) is 0 Å². The maximum Gasteiger partial charge on any atom is 0.0469 e. The molecule has 1 N–H and O–H groups in total. The second-order valence-electron chi connectivity index (χ2n) is 8.17. The first-order valence-corrected chi connectivity index (χ1v) is 8.80. The summed E-state index contributed by atoms with van der Waals surface area (Å²) in [5.41, 5.74) is 0.487. The van der Waals surface area contributed by atoms with Crippen LogP contribution in [0, 0.1) is 17.3 Å². The van der Waals surface area contributed by atoms with E-state index < -0.39 is 0 Å². The van der Waals surface area contributed by atoms with Gasteiger partial charge in [-0.1, -0.05) is 27.2 Å². The van der Waals surface area contributed by atoms with Crippen molar-refractivity contribution in [1.82, 2.24) is 5.32 Å². The van der Waals surface area contributed by atoms with Crippen molar-refractivity contribution in [2.24, 2.45) is 17.3 Å². The monoisotopic (exact) mass is 281 g/mol. The Labute approximate surface area is 126 Å². The fraction of sp³-hybridized carbons (Fsp3) is 1.00. The van der Waals surface area contributed by atoms with Crippen LogP contribution < -0.4 is 5.32 Å². The first-order chi connectivity index (χ1) is 9.47. The molecule has 1 aliphatic carbocycles. The summed E-state index contributed by atoms with van der Waals surface area (Å²) in [7, 11) is 0. The van der Waals surface area contributed by atoms with Crippen LogP contribution >= 0.6 is 0 Å². The van der Waals surface area contributed by atoms with E-state index in [-0.39, 0.29) is 0 Å². The third-order valence-corrected chi connectivity index (χ3v) is 5.67. The van der Waals surface area contributed by atoms with Crippen molar-refractivity contribution in [3.8, 4) is 0 Å². The molecule has 0 aromatic carbocycles. The summed E-state index contributed by atoms with van der Waals surface area (Å²) in [4.78, 5) is 0. The van der Waals surface area contributed by atoms with E-state index in [9.17, 15) is 0 Å². The summed E-state index contributed by atoms with van der Waals surface area (Å²) >= 11 is 0. The van der Waals surface area contributed by atoms with Crippen LogP contribution in [-0.2, 0) is 4.74 Å². The highest BCUT2D eigenvalue weighted by atomic mass is 16.5. The summed E-state index contributed by atoms with van der Waals surface area (Å²) in [6.07, 6.45) is 9.46. The van der Waals surface area contributed by atoms with E-state index in [0.29, 0.717) is 11.5 Å². The standard InChI is InChI=1S/C18H35NO/c1-14(15-10-12-20-13-11-15)19-17-7-5-6-16(8-9-17)18(2,3)4/h14-17,19H,5-13H2,1-4H3. The zero-order chi connectivity index (χ0) is 14.6. The molecule has 1 saturated carbocycles. The van der Waals surface area contributed by atoms with Crippen molar-refractivity contribution >= 4 is 0 Å². The van der Waals surface area contributed by atoms with Crippen molar-refractivity contribution in [2.45, 2.75) is 84.7 Å². The van der Waals surface area contributed by atoms with Crippen LogP contribution in [0.15, 0.2) is 0 Å². The molecule has 2 rings (SSSR count). The maximum absolute atomic E-state index is 5.48. The second-order valence-corrected chi connectivity index (χ2v) is 8.17. The lowest BCUT2D eigenvalue weighted by Crippen LogP contribution is -2.42. The number of hydrogen-bond acceptors (Lipinski definition) is 2. The first kappa shape index (κ1) is 16.3. The average molecular weight is 281 g/mol. The molecule has 0 radical (unpaired) electrons. The van der Waals surface area contributed by atoms with Crippen LogP contribution in [0.4, 0.5) is 0 Å². The van der Waals surface area contributed by atoms with E-state index in [0.717, 1.165) is 31.1 Å². The molecule has 0 amide bonds. The zero-order valence-electron chi connectivity index (χ0n) is 14.1. The minimum atomic E-state index is 0.487. The summed E-state index contributed by atoms with van der Waals surface area (Å²) in [5.74, 6) is 1.73. The minimum Gasteiger partial charge on any atom is -0.381 e. The summed E-state index contributed by atoms with van der Waals surface area (Å²) in [6.45, 7) is 11.6. The topological polar surface area (TPSA) is 21.3 Å². The van der Waals surface area contributed by atoms with Crippen molar-refractivity contribution in [2.75, 3.05) is 13.2 Å². The highest BCUT2D eigenvalue weighted by Gasteiger charge is 2.29. The van der Waals surface area contributed by atoms with Gasteiger partial charge in [0.15, 0.2) is 0 Å². The largest absolute Gasteiger partial charge is 0.381 e. The molecule has 2 fully saturated rings.